The molecule has 0 fully saturated rings. The number of benzene rings is 1. The molecule has 3 rings (SSSR count). The topological polar surface area (TPSA) is 72.7 Å². The molecule has 0 aliphatic carbocycles. The normalized spacial score (nSPS) is 10.5. The molecular weight excluding hydrogens is 393 g/mol. The van der Waals surface area contributed by atoms with Crippen molar-refractivity contribution in [1.82, 2.24) is 19.7 Å². The summed E-state index contributed by atoms with van der Waals surface area (Å²) in [5.41, 5.74) is 2.13. The number of nitrogens with one attached hydrogen (secondary N) is 1. The average Bonchev–Trinajstić information content (AvgIpc) is 3.04. The molecule has 0 atom stereocenters. The zero-order valence-electron chi connectivity index (χ0n) is 11.7. The number of amides is 1. The highest BCUT2D eigenvalue weighted by Gasteiger charge is 2.10. The van der Waals surface area contributed by atoms with Crippen LogP contribution in [-0.2, 0) is 0 Å². The van der Waals surface area contributed by atoms with Gasteiger partial charge in [-0.05, 0) is 65.4 Å². The third kappa shape index (κ3) is 3.14. The summed E-state index contributed by atoms with van der Waals surface area (Å²) in [7, 11) is 0. The molecule has 0 radical (unpaired) electrons. The van der Waals surface area contributed by atoms with Crippen molar-refractivity contribution >= 4 is 34.2 Å². The number of aromatic nitrogens is 4. The van der Waals surface area contributed by atoms with E-state index in [1.807, 2.05) is 25.1 Å². The first-order chi connectivity index (χ1) is 10.6. The Labute approximate surface area is 140 Å². The Balaban J connectivity index is 1.85. The predicted octanol–water partition coefficient (Wildman–Crippen LogP) is 2.83. The fourth-order valence-electron chi connectivity index (χ4n) is 1.97. The quantitative estimate of drug-likeness (QED) is 0.681. The Bertz CT molecular complexity index is 817. The van der Waals surface area contributed by atoms with Gasteiger partial charge in [-0.2, -0.15) is 0 Å². The monoisotopic (exact) mass is 405 g/mol. The Kier molecular flexibility index (Phi) is 4.14. The summed E-state index contributed by atoms with van der Waals surface area (Å²) in [6.07, 6.45) is 3.07. The first kappa shape index (κ1) is 14.6. The van der Waals surface area contributed by atoms with Crippen molar-refractivity contribution in [2.45, 2.75) is 6.92 Å². The van der Waals surface area contributed by atoms with Crippen LogP contribution in [0.4, 0.5) is 5.69 Å². The van der Waals surface area contributed by atoms with E-state index in [0.717, 1.165) is 14.8 Å². The number of carbonyl (C=O) groups excluding carboxylic acids is 1. The summed E-state index contributed by atoms with van der Waals surface area (Å²) in [6, 6.07) is 11.1. The van der Waals surface area contributed by atoms with Gasteiger partial charge < -0.3 is 5.32 Å². The highest BCUT2D eigenvalue weighted by Crippen LogP contribution is 2.18. The van der Waals surface area contributed by atoms with Gasteiger partial charge in [0, 0.05) is 9.26 Å². The summed E-state index contributed by atoms with van der Waals surface area (Å²) in [4.78, 5) is 16.7. The SMILES string of the molecule is Cc1cc(I)ccc1NC(=O)c1cccc(-n2cnnc2)n1. The van der Waals surface area contributed by atoms with Crippen LogP contribution in [-0.4, -0.2) is 25.7 Å². The third-order valence-electron chi connectivity index (χ3n) is 3.09. The van der Waals surface area contributed by atoms with E-state index in [4.69, 9.17) is 0 Å². The van der Waals surface area contributed by atoms with E-state index in [0.29, 0.717) is 11.5 Å². The van der Waals surface area contributed by atoms with Crippen LogP contribution in [0, 0.1) is 10.5 Å². The maximum Gasteiger partial charge on any atom is 0.274 e. The molecule has 7 heteroatoms. The average molecular weight is 405 g/mol. The minimum atomic E-state index is -0.251. The summed E-state index contributed by atoms with van der Waals surface area (Å²) in [6.45, 7) is 1.96. The molecule has 1 amide bonds. The molecule has 0 spiro atoms. The van der Waals surface area contributed by atoms with Gasteiger partial charge in [-0.15, -0.1) is 10.2 Å². The lowest BCUT2D eigenvalue weighted by Crippen LogP contribution is -2.15. The lowest BCUT2D eigenvalue weighted by atomic mass is 10.2. The molecule has 0 saturated heterocycles. The van der Waals surface area contributed by atoms with Gasteiger partial charge in [0.25, 0.3) is 5.91 Å². The molecule has 110 valence electrons. The minimum Gasteiger partial charge on any atom is -0.320 e. The van der Waals surface area contributed by atoms with E-state index >= 15 is 0 Å². The number of carbonyl (C=O) groups is 1. The number of pyridine rings is 1. The predicted molar refractivity (Wildman–Crippen MR) is 91.0 cm³/mol. The van der Waals surface area contributed by atoms with Gasteiger partial charge in [-0.1, -0.05) is 6.07 Å². The second kappa shape index (κ2) is 6.22. The van der Waals surface area contributed by atoms with Crippen LogP contribution < -0.4 is 5.32 Å². The van der Waals surface area contributed by atoms with Crippen LogP contribution in [0.2, 0.25) is 0 Å². The first-order valence-corrected chi connectivity index (χ1v) is 7.61. The molecular formula is C15H12IN5O. The van der Waals surface area contributed by atoms with Crippen molar-refractivity contribution in [3.8, 4) is 5.82 Å². The van der Waals surface area contributed by atoms with Crippen LogP contribution >= 0.6 is 22.6 Å². The number of rotatable bonds is 3. The van der Waals surface area contributed by atoms with Gasteiger partial charge in [0.15, 0.2) is 0 Å². The Hall–Kier alpha value is -2.29. The zero-order valence-corrected chi connectivity index (χ0v) is 13.9. The van der Waals surface area contributed by atoms with E-state index in [1.165, 1.54) is 12.7 Å². The smallest absolute Gasteiger partial charge is 0.274 e. The molecule has 3 aromatic rings. The lowest BCUT2D eigenvalue weighted by Gasteiger charge is -2.09. The maximum atomic E-state index is 12.4. The summed E-state index contributed by atoms with van der Waals surface area (Å²) >= 11 is 2.24. The number of hydrogen-bond acceptors (Lipinski definition) is 4. The van der Waals surface area contributed by atoms with E-state index in [2.05, 4.69) is 43.1 Å². The second-order valence-electron chi connectivity index (χ2n) is 4.66. The molecule has 1 aromatic carbocycles. The summed E-state index contributed by atoms with van der Waals surface area (Å²) < 4.78 is 2.77. The molecule has 0 aliphatic heterocycles. The van der Waals surface area contributed by atoms with Crippen molar-refractivity contribution in [2.75, 3.05) is 5.32 Å². The molecule has 6 nitrogen and oxygen atoms in total. The van der Waals surface area contributed by atoms with Gasteiger partial charge in [0.05, 0.1) is 0 Å². The molecule has 22 heavy (non-hydrogen) atoms. The van der Waals surface area contributed by atoms with Crippen LogP contribution in [0.15, 0.2) is 49.1 Å². The van der Waals surface area contributed by atoms with Gasteiger partial charge >= 0.3 is 0 Å². The highest BCUT2D eigenvalue weighted by molar-refractivity contribution is 14.1. The van der Waals surface area contributed by atoms with E-state index < -0.39 is 0 Å². The first-order valence-electron chi connectivity index (χ1n) is 6.53. The van der Waals surface area contributed by atoms with E-state index in [1.54, 1.807) is 22.8 Å². The van der Waals surface area contributed by atoms with E-state index in [9.17, 15) is 4.79 Å². The minimum absolute atomic E-state index is 0.251. The molecule has 0 saturated carbocycles. The molecule has 0 bridgehead atoms. The molecule has 2 aromatic heterocycles. The van der Waals surface area contributed by atoms with Gasteiger partial charge in [-0.3, -0.25) is 9.36 Å². The fraction of sp³-hybridized carbons (Fsp3) is 0.0667. The summed E-state index contributed by atoms with van der Waals surface area (Å²) in [5.74, 6) is 0.344. The van der Waals surface area contributed by atoms with Crippen LogP contribution in [0.5, 0.6) is 0 Å². The second-order valence-corrected chi connectivity index (χ2v) is 5.91. The van der Waals surface area contributed by atoms with Crippen molar-refractivity contribution in [3.63, 3.8) is 0 Å². The van der Waals surface area contributed by atoms with E-state index in [-0.39, 0.29) is 5.91 Å². The Morgan fingerprint density at radius 3 is 2.68 bits per heavy atom. The van der Waals surface area contributed by atoms with Crippen LogP contribution in [0.25, 0.3) is 5.82 Å². The number of hydrogen-bond donors (Lipinski definition) is 1. The van der Waals surface area contributed by atoms with Crippen molar-refractivity contribution in [3.05, 3.63) is 63.9 Å². The van der Waals surface area contributed by atoms with Gasteiger partial charge in [-0.25, -0.2) is 4.98 Å². The molecule has 0 aliphatic rings. The number of halogens is 1. The highest BCUT2D eigenvalue weighted by atomic mass is 127. The standard InChI is InChI=1S/C15H12IN5O/c1-10-7-11(16)5-6-12(10)20-15(22)13-3-2-4-14(19-13)21-8-17-18-9-21/h2-9H,1H3,(H,20,22). The number of aryl methyl sites for hydroxylation is 1. The van der Waals surface area contributed by atoms with Crippen molar-refractivity contribution in [1.29, 1.82) is 0 Å². The van der Waals surface area contributed by atoms with Gasteiger partial charge in [0.2, 0.25) is 0 Å². The largest absolute Gasteiger partial charge is 0.320 e. The van der Waals surface area contributed by atoms with Crippen LogP contribution in [0.1, 0.15) is 16.1 Å². The Morgan fingerprint density at radius 2 is 1.95 bits per heavy atom. The number of anilines is 1. The maximum absolute atomic E-state index is 12.4. The summed E-state index contributed by atoms with van der Waals surface area (Å²) in [5, 5.41) is 10.3. The van der Waals surface area contributed by atoms with Crippen molar-refractivity contribution < 1.29 is 4.79 Å². The molecule has 0 unspecified atom stereocenters. The molecule has 2 heterocycles. The van der Waals surface area contributed by atoms with Crippen molar-refractivity contribution in [2.24, 2.45) is 0 Å². The Morgan fingerprint density at radius 1 is 1.18 bits per heavy atom. The molecule has 1 N–H and O–H groups in total. The zero-order chi connectivity index (χ0) is 15.5. The van der Waals surface area contributed by atoms with Gasteiger partial charge in [0.1, 0.15) is 24.2 Å². The van der Waals surface area contributed by atoms with Crippen LogP contribution in [0.3, 0.4) is 0 Å². The lowest BCUT2D eigenvalue weighted by molar-refractivity contribution is 0.102. The number of nitrogens with zero attached hydrogens (tertiary/aromatic N) is 4. The third-order valence-corrected chi connectivity index (χ3v) is 3.76. The fourth-order valence-corrected chi connectivity index (χ4v) is 2.61.